The first kappa shape index (κ1) is 15.6. The van der Waals surface area contributed by atoms with Crippen molar-refractivity contribution >= 4 is 44.2 Å². The lowest BCUT2D eigenvalue weighted by Gasteiger charge is -2.15. The Bertz CT molecular complexity index is 596. The minimum absolute atomic E-state index is 0.0826. The highest BCUT2D eigenvalue weighted by Gasteiger charge is 2.33. The van der Waals surface area contributed by atoms with Crippen LogP contribution in [-0.2, 0) is 12.7 Å². The number of anilines is 1. The van der Waals surface area contributed by atoms with Crippen LogP contribution in [0.3, 0.4) is 0 Å². The second-order valence-electron chi connectivity index (χ2n) is 4.17. The standard InChI is InChI=1S/C14H10BrF3IN/c15-10-3-6-13(12(7-10)14(16,17)18)20-8-9-1-4-11(19)5-2-9/h1-7,20H,8H2. The number of rotatable bonds is 3. The Morgan fingerprint density at radius 3 is 2.30 bits per heavy atom. The van der Waals surface area contributed by atoms with E-state index in [2.05, 4.69) is 43.8 Å². The molecule has 0 aromatic heterocycles. The SMILES string of the molecule is FC(F)(F)c1cc(Br)ccc1NCc1ccc(I)cc1. The zero-order valence-electron chi connectivity index (χ0n) is 10.1. The van der Waals surface area contributed by atoms with Gasteiger partial charge in [0, 0.05) is 20.3 Å². The van der Waals surface area contributed by atoms with Gasteiger partial charge in [0.1, 0.15) is 0 Å². The van der Waals surface area contributed by atoms with Crippen molar-refractivity contribution in [3.8, 4) is 0 Å². The van der Waals surface area contributed by atoms with Gasteiger partial charge in [0.05, 0.1) is 5.56 Å². The lowest BCUT2D eigenvalue weighted by Crippen LogP contribution is -2.10. The maximum absolute atomic E-state index is 12.9. The molecular formula is C14H10BrF3IN. The second-order valence-corrected chi connectivity index (χ2v) is 6.33. The quantitative estimate of drug-likeness (QED) is 0.586. The number of benzene rings is 2. The van der Waals surface area contributed by atoms with E-state index < -0.39 is 11.7 Å². The molecule has 0 heterocycles. The molecule has 6 heteroatoms. The molecule has 106 valence electrons. The molecule has 0 aliphatic rings. The molecule has 0 spiro atoms. The molecule has 2 aromatic carbocycles. The lowest BCUT2D eigenvalue weighted by molar-refractivity contribution is -0.137. The van der Waals surface area contributed by atoms with Crippen LogP contribution in [-0.4, -0.2) is 0 Å². The summed E-state index contributed by atoms with van der Waals surface area (Å²) in [6.07, 6.45) is -4.38. The highest BCUT2D eigenvalue weighted by molar-refractivity contribution is 14.1. The molecule has 0 radical (unpaired) electrons. The fourth-order valence-corrected chi connectivity index (χ4v) is 2.43. The second kappa shape index (κ2) is 6.34. The fourth-order valence-electron chi connectivity index (χ4n) is 1.70. The minimum Gasteiger partial charge on any atom is -0.380 e. The predicted octanol–water partition coefficient (Wildman–Crippen LogP) is 5.68. The van der Waals surface area contributed by atoms with Crippen LogP contribution < -0.4 is 5.32 Å². The predicted molar refractivity (Wildman–Crippen MR) is 85.6 cm³/mol. The van der Waals surface area contributed by atoms with E-state index in [-0.39, 0.29) is 5.69 Å². The maximum Gasteiger partial charge on any atom is 0.418 e. The van der Waals surface area contributed by atoms with Crippen LogP contribution in [0.1, 0.15) is 11.1 Å². The van der Waals surface area contributed by atoms with E-state index in [1.807, 2.05) is 24.3 Å². The van der Waals surface area contributed by atoms with Gasteiger partial charge in [-0.05, 0) is 58.5 Å². The summed E-state index contributed by atoms with van der Waals surface area (Å²) in [6.45, 7) is 0.349. The van der Waals surface area contributed by atoms with Gasteiger partial charge in [-0.1, -0.05) is 28.1 Å². The van der Waals surface area contributed by atoms with Gasteiger partial charge in [0.15, 0.2) is 0 Å². The lowest BCUT2D eigenvalue weighted by atomic mass is 10.1. The summed E-state index contributed by atoms with van der Waals surface area (Å²) in [5.74, 6) is 0. The van der Waals surface area contributed by atoms with Crippen molar-refractivity contribution in [1.82, 2.24) is 0 Å². The molecule has 0 aliphatic carbocycles. The summed E-state index contributed by atoms with van der Waals surface area (Å²) < 4.78 is 40.3. The Kier molecular flexibility index (Phi) is 4.95. The molecule has 2 rings (SSSR count). The van der Waals surface area contributed by atoms with Gasteiger partial charge in [0.2, 0.25) is 0 Å². The average molecular weight is 456 g/mol. The summed E-state index contributed by atoms with van der Waals surface area (Å²) in [5.41, 5.74) is 0.345. The summed E-state index contributed by atoms with van der Waals surface area (Å²) in [7, 11) is 0. The molecule has 0 bridgehead atoms. The van der Waals surface area contributed by atoms with Crippen molar-refractivity contribution in [3.05, 3.63) is 61.6 Å². The zero-order chi connectivity index (χ0) is 14.8. The van der Waals surface area contributed by atoms with Gasteiger partial charge < -0.3 is 5.32 Å². The largest absolute Gasteiger partial charge is 0.418 e. The third-order valence-electron chi connectivity index (χ3n) is 2.68. The van der Waals surface area contributed by atoms with Crippen LogP contribution in [0.4, 0.5) is 18.9 Å². The van der Waals surface area contributed by atoms with E-state index in [4.69, 9.17) is 0 Å². The Morgan fingerprint density at radius 2 is 1.70 bits per heavy atom. The van der Waals surface area contributed by atoms with Crippen molar-refractivity contribution in [2.75, 3.05) is 5.32 Å². The van der Waals surface area contributed by atoms with Crippen molar-refractivity contribution in [3.63, 3.8) is 0 Å². The van der Waals surface area contributed by atoms with E-state index in [1.54, 1.807) is 6.07 Å². The zero-order valence-corrected chi connectivity index (χ0v) is 13.9. The highest BCUT2D eigenvalue weighted by Crippen LogP contribution is 2.36. The third kappa shape index (κ3) is 4.12. The number of hydrogen-bond donors (Lipinski definition) is 1. The van der Waals surface area contributed by atoms with Crippen LogP contribution >= 0.6 is 38.5 Å². The fraction of sp³-hybridized carbons (Fsp3) is 0.143. The molecule has 0 atom stereocenters. The van der Waals surface area contributed by atoms with Crippen LogP contribution in [0, 0.1) is 3.57 Å². The summed E-state index contributed by atoms with van der Waals surface area (Å²) >= 11 is 5.25. The first-order valence-electron chi connectivity index (χ1n) is 5.71. The van der Waals surface area contributed by atoms with Crippen LogP contribution in [0.2, 0.25) is 0 Å². The Balaban J connectivity index is 2.19. The third-order valence-corrected chi connectivity index (χ3v) is 3.90. The molecule has 1 N–H and O–H groups in total. The number of nitrogens with one attached hydrogen (secondary N) is 1. The van der Waals surface area contributed by atoms with Crippen molar-refractivity contribution < 1.29 is 13.2 Å². The van der Waals surface area contributed by atoms with Crippen molar-refractivity contribution in [1.29, 1.82) is 0 Å². The number of hydrogen-bond acceptors (Lipinski definition) is 1. The van der Waals surface area contributed by atoms with Gasteiger partial charge in [-0.2, -0.15) is 13.2 Å². The van der Waals surface area contributed by atoms with Gasteiger partial charge in [-0.3, -0.25) is 0 Å². The van der Waals surface area contributed by atoms with Crippen molar-refractivity contribution in [2.24, 2.45) is 0 Å². The summed E-state index contributed by atoms with van der Waals surface area (Å²) in [5, 5.41) is 2.84. The monoisotopic (exact) mass is 455 g/mol. The minimum atomic E-state index is -4.38. The van der Waals surface area contributed by atoms with Crippen LogP contribution in [0.5, 0.6) is 0 Å². The van der Waals surface area contributed by atoms with E-state index in [9.17, 15) is 13.2 Å². The first-order chi connectivity index (χ1) is 9.36. The number of halogens is 5. The average Bonchev–Trinajstić information content (AvgIpc) is 2.38. The van der Waals surface area contributed by atoms with Crippen LogP contribution in [0.15, 0.2) is 46.9 Å². The van der Waals surface area contributed by atoms with Gasteiger partial charge in [0.25, 0.3) is 0 Å². The Morgan fingerprint density at radius 1 is 1.05 bits per heavy atom. The smallest absolute Gasteiger partial charge is 0.380 e. The van der Waals surface area contributed by atoms with E-state index in [0.29, 0.717) is 11.0 Å². The molecule has 0 saturated carbocycles. The maximum atomic E-state index is 12.9. The van der Waals surface area contributed by atoms with E-state index in [1.165, 1.54) is 6.07 Å². The van der Waals surface area contributed by atoms with E-state index >= 15 is 0 Å². The van der Waals surface area contributed by atoms with Gasteiger partial charge >= 0.3 is 6.18 Å². The number of alkyl halides is 3. The highest BCUT2D eigenvalue weighted by atomic mass is 127. The molecule has 0 saturated heterocycles. The molecule has 0 aliphatic heterocycles. The summed E-state index contributed by atoms with van der Waals surface area (Å²) in [4.78, 5) is 0. The topological polar surface area (TPSA) is 12.0 Å². The van der Waals surface area contributed by atoms with Crippen LogP contribution in [0.25, 0.3) is 0 Å². The molecule has 1 nitrogen and oxygen atoms in total. The van der Waals surface area contributed by atoms with E-state index in [0.717, 1.165) is 15.2 Å². The molecule has 2 aromatic rings. The summed E-state index contributed by atoms with van der Waals surface area (Å²) in [6, 6.07) is 11.7. The Hall–Kier alpha value is -0.760. The van der Waals surface area contributed by atoms with Gasteiger partial charge in [-0.15, -0.1) is 0 Å². The molecule has 0 unspecified atom stereocenters. The molecule has 20 heavy (non-hydrogen) atoms. The Labute approximate surface area is 136 Å². The van der Waals surface area contributed by atoms with Crippen molar-refractivity contribution in [2.45, 2.75) is 12.7 Å². The first-order valence-corrected chi connectivity index (χ1v) is 7.58. The molecular weight excluding hydrogens is 446 g/mol. The molecule has 0 amide bonds. The normalized spacial score (nSPS) is 11.4. The van der Waals surface area contributed by atoms with Gasteiger partial charge in [-0.25, -0.2) is 0 Å². The molecule has 0 fully saturated rings.